The largest absolute Gasteiger partial charge is 0.495 e. The summed E-state index contributed by atoms with van der Waals surface area (Å²) >= 11 is 0. The lowest BCUT2D eigenvalue weighted by Crippen LogP contribution is -2.18. The van der Waals surface area contributed by atoms with Crippen LogP contribution in [0.15, 0.2) is 30.5 Å². The van der Waals surface area contributed by atoms with Gasteiger partial charge in [-0.3, -0.25) is 9.48 Å². The fourth-order valence-electron chi connectivity index (χ4n) is 2.16. The molecule has 0 aliphatic heterocycles. The average molecular weight is 287 g/mol. The van der Waals surface area contributed by atoms with E-state index in [9.17, 15) is 4.79 Å². The van der Waals surface area contributed by atoms with Crippen molar-refractivity contribution in [3.63, 3.8) is 0 Å². The smallest absolute Gasteiger partial charge is 0.226 e. The lowest BCUT2D eigenvalue weighted by atomic mass is 10.2. The summed E-state index contributed by atoms with van der Waals surface area (Å²) < 4.78 is 7.07. The molecule has 112 valence electrons. The molecular weight excluding hydrogens is 266 g/mol. The molecule has 2 aromatic rings. The zero-order valence-electron chi connectivity index (χ0n) is 12.9. The van der Waals surface area contributed by atoms with Crippen LogP contribution in [-0.4, -0.2) is 22.8 Å². The highest BCUT2D eigenvalue weighted by atomic mass is 16.5. The molecule has 5 heteroatoms. The number of rotatable bonds is 5. The van der Waals surface area contributed by atoms with Gasteiger partial charge >= 0.3 is 0 Å². The molecule has 21 heavy (non-hydrogen) atoms. The van der Waals surface area contributed by atoms with Crippen molar-refractivity contribution in [1.29, 1.82) is 0 Å². The second-order valence-corrected chi connectivity index (χ2v) is 5.24. The Morgan fingerprint density at radius 2 is 2.14 bits per heavy atom. The molecule has 2 rings (SSSR count). The Bertz CT molecular complexity index is 634. The van der Waals surface area contributed by atoms with Crippen molar-refractivity contribution in [2.45, 2.75) is 33.2 Å². The van der Waals surface area contributed by atoms with Crippen LogP contribution in [0.2, 0.25) is 0 Å². The quantitative estimate of drug-likeness (QED) is 0.919. The minimum atomic E-state index is -0.0560. The summed E-state index contributed by atoms with van der Waals surface area (Å²) in [5.74, 6) is 0.607. The summed E-state index contributed by atoms with van der Waals surface area (Å²) in [4.78, 5) is 12.2. The molecule has 0 saturated carbocycles. The van der Waals surface area contributed by atoms with Gasteiger partial charge in [0.2, 0.25) is 5.91 Å². The highest BCUT2D eigenvalue weighted by molar-refractivity contribution is 5.92. The van der Waals surface area contributed by atoms with Crippen molar-refractivity contribution in [2.24, 2.45) is 0 Å². The maximum Gasteiger partial charge on any atom is 0.226 e. The van der Waals surface area contributed by atoms with Gasteiger partial charge in [-0.15, -0.1) is 0 Å². The fourth-order valence-corrected chi connectivity index (χ4v) is 2.16. The van der Waals surface area contributed by atoms with Gasteiger partial charge in [-0.1, -0.05) is 6.07 Å². The van der Waals surface area contributed by atoms with Gasteiger partial charge in [0, 0.05) is 12.6 Å². The van der Waals surface area contributed by atoms with Gasteiger partial charge < -0.3 is 10.1 Å². The number of hydrogen-bond acceptors (Lipinski definition) is 3. The number of aryl methyl sites for hydroxylation is 2. The topological polar surface area (TPSA) is 56.1 Å². The number of anilines is 1. The molecule has 1 aromatic carbocycles. The Labute approximate surface area is 124 Å². The molecule has 5 nitrogen and oxygen atoms in total. The van der Waals surface area contributed by atoms with Gasteiger partial charge in [-0.25, -0.2) is 0 Å². The third-order valence-corrected chi connectivity index (χ3v) is 3.30. The van der Waals surface area contributed by atoms with Crippen molar-refractivity contribution in [1.82, 2.24) is 9.78 Å². The van der Waals surface area contributed by atoms with Gasteiger partial charge in [0.05, 0.1) is 24.5 Å². The van der Waals surface area contributed by atoms with Crippen LogP contribution in [0, 0.1) is 13.8 Å². The van der Waals surface area contributed by atoms with E-state index in [-0.39, 0.29) is 11.9 Å². The highest BCUT2D eigenvalue weighted by Gasteiger charge is 2.13. The average Bonchev–Trinajstić information content (AvgIpc) is 2.85. The van der Waals surface area contributed by atoms with Crippen molar-refractivity contribution in [2.75, 3.05) is 12.4 Å². The van der Waals surface area contributed by atoms with E-state index in [2.05, 4.69) is 10.4 Å². The molecule has 1 atom stereocenters. The highest BCUT2D eigenvalue weighted by Crippen LogP contribution is 2.25. The molecule has 0 aliphatic rings. The van der Waals surface area contributed by atoms with Crippen LogP contribution >= 0.6 is 0 Å². The number of nitrogens with zero attached hydrogens (tertiary/aromatic N) is 2. The first-order valence-corrected chi connectivity index (χ1v) is 6.96. The number of nitrogens with one attached hydrogen (secondary N) is 1. The van der Waals surface area contributed by atoms with Gasteiger partial charge in [0.15, 0.2) is 0 Å². The number of ether oxygens (including phenoxy) is 1. The molecule has 0 fully saturated rings. The van der Waals surface area contributed by atoms with E-state index >= 15 is 0 Å². The Morgan fingerprint density at radius 3 is 2.76 bits per heavy atom. The van der Waals surface area contributed by atoms with E-state index in [4.69, 9.17) is 4.74 Å². The zero-order valence-corrected chi connectivity index (χ0v) is 12.9. The molecule has 1 N–H and O–H groups in total. The maximum atomic E-state index is 12.2. The van der Waals surface area contributed by atoms with E-state index in [1.54, 1.807) is 7.11 Å². The van der Waals surface area contributed by atoms with Gasteiger partial charge in [0.25, 0.3) is 0 Å². The third kappa shape index (κ3) is 3.84. The molecule has 0 bridgehead atoms. The third-order valence-electron chi connectivity index (χ3n) is 3.30. The van der Waals surface area contributed by atoms with Gasteiger partial charge in [-0.2, -0.15) is 5.10 Å². The van der Waals surface area contributed by atoms with Crippen LogP contribution in [0.5, 0.6) is 5.75 Å². The monoisotopic (exact) mass is 287 g/mol. The molecule has 1 heterocycles. The Hall–Kier alpha value is -2.30. The summed E-state index contributed by atoms with van der Waals surface area (Å²) in [7, 11) is 1.59. The summed E-state index contributed by atoms with van der Waals surface area (Å²) in [5, 5.41) is 7.24. The van der Waals surface area contributed by atoms with Crippen molar-refractivity contribution >= 4 is 11.6 Å². The van der Waals surface area contributed by atoms with E-state index < -0.39 is 0 Å². The Balaban J connectivity index is 2.03. The molecule has 0 radical (unpaired) electrons. The van der Waals surface area contributed by atoms with Crippen molar-refractivity contribution in [3.05, 3.63) is 41.7 Å². The van der Waals surface area contributed by atoms with Crippen molar-refractivity contribution in [3.8, 4) is 5.75 Å². The molecule has 0 spiro atoms. The van der Waals surface area contributed by atoms with E-state index in [1.807, 2.05) is 55.9 Å². The number of carbonyl (C=O) groups is 1. The van der Waals surface area contributed by atoms with Gasteiger partial charge in [0.1, 0.15) is 5.75 Å². The second kappa shape index (κ2) is 6.43. The van der Waals surface area contributed by atoms with E-state index in [0.29, 0.717) is 17.9 Å². The summed E-state index contributed by atoms with van der Waals surface area (Å²) in [6.45, 7) is 5.88. The summed E-state index contributed by atoms with van der Waals surface area (Å²) in [5.41, 5.74) is 2.72. The predicted octanol–water partition coefficient (Wildman–Crippen LogP) is 3.10. The number of hydrogen-bond donors (Lipinski definition) is 1. The molecule has 0 aliphatic carbocycles. The Kier molecular flexibility index (Phi) is 4.62. The Morgan fingerprint density at radius 1 is 1.38 bits per heavy atom. The van der Waals surface area contributed by atoms with Crippen LogP contribution in [-0.2, 0) is 4.79 Å². The summed E-state index contributed by atoms with van der Waals surface area (Å²) in [6.07, 6.45) is 2.25. The number of benzene rings is 1. The molecule has 1 amide bonds. The van der Waals surface area contributed by atoms with Crippen LogP contribution < -0.4 is 10.1 Å². The minimum absolute atomic E-state index is 0.00880. The lowest BCUT2D eigenvalue weighted by Gasteiger charge is -2.14. The lowest BCUT2D eigenvalue weighted by molar-refractivity contribution is -0.116. The van der Waals surface area contributed by atoms with E-state index in [1.165, 1.54) is 0 Å². The first kappa shape index (κ1) is 15.1. The minimum Gasteiger partial charge on any atom is -0.495 e. The predicted molar refractivity (Wildman–Crippen MR) is 82.7 cm³/mol. The maximum absolute atomic E-state index is 12.2. The van der Waals surface area contributed by atoms with E-state index in [0.717, 1.165) is 11.3 Å². The summed E-state index contributed by atoms with van der Waals surface area (Å²) in [6, 6.07) is 7.64. The van der Waals surface area contributed by atoms with Crippen LogP contribution in [0.4, 0.5) is 5.69 Å². The van der Waals surface area contributed by atoms with Crippen LogP contribution in [0.25, 0.3) is 0 Å². The number of carbonyl (C=O) groups excluding carboxylic acids is 1. The number of aromatic nitrogens is 2. The number of amides is 1. The van der Waals surface area contributed by atoms with Crippen LogP contribution in [0.1, 0.15) is 30.6 Å². The van der Waals surface area contributed by atoms with Gasteiger partial charge in [-0.05, 0) is 44.5 Å². The fraction of sp³-hybridized carbons (Fsp3) is 0.375. The molecule has 0 saturated heterocycles. The number of methoxy groups -OCH3 is 1. The standard InChI is InChI=1S/C16H21N3O2/c1-11-5-6-15(21-4)14(9-11)17-16(20)10-13(3)19-8-7-12(2)18-19/h5-9,13H,10H2,1-4H3,(H,17,20). The zero-order chi connectivity index (χ0) is 15.4. The first-order valence-electron chi connectivity index (χ1n) is 6.96. The first-order chi connectivity index (χ1) is 9.99. The normalized spacial score (nSPS) is 12.0. The van der Waals surface area contributed by atoms with Crippen molar-refractivity contribution < 1.29 is 9.53 Å². The SMILES string of the molecule is COc1ccc(C)cc1NC(=O)CC(C)n1ccc(C)n1. The molecular formula is C16H21N3O2. The second-order valence-electron chi connectivity index (χ2n) is 5.24. The molecule has 1 unspecified atom stereocenters. The molecule has 1 aromatic heterocycles. The van der Waals surface area contributed by atoms with Crippen LogP contribution in [0.3, 0.4) is 0 Å².